The van der Waals surface area contributed by atoms with Gasteiger partial charge in [-0.15, -0.1) is 0 Å². The fraction of sp³-hybridized carbons (Fsp3) is 0.361. The molecule has 1 saturated heterocycles. The first-order chi connectivity index (χ1) is 25.4. The Morgan fingerprint density at radius 1 is 0.604 bits per heavy atom. The number of amides is 5. The molecule has 0 saturated carbocycles. The summed E-state index contributed by atoms with van der Waals surface area (Å²) in [6.07, 6.45) is 0.777. The third kappa shape index (κ3) is 12.7. The van der Waals surface area contributed by atoms with Crippen molar-refractivity contribution in [1.29, 1.82) is 0 Å². The number of fused-ring (bicyclic) bond motifs is 1. The molecule has 5 amide bonds. The third-order valence-electron chi connectivity index (χ3n) is 8.49. The van der Waals surface area contributed by atoms with Crippen molar-refractivity contribution in [2.75, 3.05) is 19.6 Å². The molecule has 14 N–H and O–H groups in total. The van der Waals surface area contributed by atoms with Gasteiger partial charge < -0.3 is 54.6 Å². The van der Waals surface area contributed by atoms with E-state index in [2.05, 4.69) is 36.6 Å². The number of nitrogens with one attached hydrogen (secondary N) is 5. The average molecular weight is 730 g/mol. The Morgan fingerprint density at radius 3 is 1.70 bits per heavy atom. The van der Waals surface area contributed by atoms with Crippen molar-refractivity contribution in [2.24, 2.45) is 32.9 Å². The van der Waals surface area contributed by atoms with Crippen LogP contribution in [0.25, 0.3) is 10.8 Å². The predicted octanol–water partition coefficient (Wildman–Crippen LogP) is -1.49. The number of carbonyl (C=O) groups excluding carboxylic acids is 5. The molecule has 1 aliphatic heterocycles. The highest BCUT2D eigenvalue weighted by atomic mass is 16.3. The molecule has 17 nitrogen and oxygen atoms in total. The zero-order valence-corrected chi connectivity index (χ0v) is 29.2. The summed E-state index contributed by atoms with van der Waals surface area (Å²) in [5.41, 5.74) is 23.2. The largest absolute Gasteiger partial charge is 0.508 e. The number of nitrogens with zero attached hydrogens (tertiary/aromatic N) is 2. The van der Waals surface area contributed by atoms with E-state index in [1.807, 2.05) is 42.5 Å². The van der Waals surface area contributed by atoms with E-state index in [-0.39, 0.29) is 62.9 Å². The van der Waals surface area contributed by atoms with Crippen LogP contribution in [0.3, 0.4) is 0 Å². The van der Waals surface area contributed by atoms with Crippen LogP contribution in [-0.2, 0) is 36.8 Å². The van der Waals surface area contributed by atoms with Crippen LogP contribution in [0.1, 0.15) is 36.8 Å². The Hall–Kier alpha value is -6.39. The zero-order valence-electron chi connectivity index (χ0n) is 29.2. The van der Waals surface area contributed by atoms with E-state index in [0.717, 1.165) is 16.3 Å². The van der Waals surface area contributed by atoms with Gasteiger partial charge in [-0.2, -0.15) is 0 Å². The summed E-state index contributed by atoms with van der Waals surface area (Å²) in [7, 11) is 0. The molecule has 1 aliphatic rings. The Balaban J connectivity index is 1.68. The lowest BCUT2D eigenvalue weighted by molar-refractivity contribution is -0.134. The van der Waals surface area contributed by atoms with E-state index >= 15 is 0 Å². The first-order valence-electron chi connectivity index (χ1n) is 17.2. The molecule has 3 aromatic rings. The van der Waals surface area contributed by atoms with Crippen LogP contribution in [0.15, 0.2) is 76.7 Å². The van der Waals surface area contributed by atoms with Crippen LogP contribution in [-0.4, -0.2) is 90.4 Å². The Morgan fingerprint density at radius 2 is 1.09 bits per heavy atom. The SMILES string of the molecule is NC(N)=NCCC[C@@H]1NC(=O)[C@H](Cc2ccc3ccccc3c2)NC(=O)CNC(=O)[C@H](CCCN=C(N)N)NC(=O)[C@@H](Cc2ccc(O)cc2)NC1=O. The number of rotatable bonds is 12. The number of hydrogen-bond donors (Lipinski definition) is 10. The molecule has 1 fully saturated rings. The number of phenolic OH excluding ortho intramolecular Hbond substituents is 1. The maximum absolute atomic E-state index is 14.0. The van der Waals surface area contributed by atoms with E-state index in [9.17, 15) is 29.1 Å². The second-order valence-electron chi connectivity index (χ2n) is 12.7. The number of nitrogens with two attached hydrogens (primary N) is 4. The number of phenols is 1. The molecule has 0 radical (unpaired) electrons. The second-order valence-corrected chi connectivity index (χ2v) is 12.7. The van der Waals surface area contributed by atoms with Crippen molar-refractivity contribution < 1.29 is 29.1 Å². The van der Waals surface area contributed by atoms with Crippen LogP contribution < -0.4 is 49.5 Å². The van der Waals surface area contributed by atoms with Gasteiger partial charge in [0.25, 0.3) is 0 Å². The molecule has 282 valence electrons. The molecule has 4 atom stereocenters. The molecule has 53 heavy (non-hydrogen) atoms. The molecular formula is C36H47N11O6. The summed E-state index contributed by atoms with van der Waals surface area (Å²) in [4.78, 5) is 76.4. The summed E-state index contributed by atoms with van der Waals surface area (Å²) >= 11 is 0. The Kier molecular flexibility index (Phi) is 14.3. The lowest BCUT2D eigenvalue weighted by Crippen LogP contribution is -2.58. The van der Waals surface area contributed by atoms with Gasteiger partial charge in [0, 0.05) is 25.9 Å². The van der Waals surface area contributed by atoms with Gasteiger partial charge in [0.15, 0.2) is 11.9 Å². The molecule has 17 heteroatoms. The van der Waals surface area contributed by atoms with Gasteiger partial charge in [-0.05, 0) is 59.7 Å². The summed E-state index contributed by atoms with van der Waals surface area (Å²) in [5, 5.41) is 25.2. The predicted molar refractivity (Wildman–Crippen MR) is 200 cm³/mol. The minimum atomic E-state index is -1.23. The molecule has 4 rings (SSSR count). The van der Waals surface area contributed by atoms with Crippen LogP contribution in [0.4, 0.5) is 0 Å². The van der Waals surface area contributed by atoms with Gasteiger partial charge in [0.1, 0.15) is 29.9 Å². The van der Waals surface area contributed by atoms with Crippen LogP contribution in [0.2, 0.25) is 0 Å². The highest BCUT2D eigenvalue weighted by Crippen LogP contribution is 2.17. The second kappa shape index (κ2) is 19.3. The number of carbonyl (C=O) groups is 5. The van der Waals surface area contributed by atoms with Gasteiger partial charge in [-0.1, -0.05) is 54.6 Å². The van der Waals surface area contributed by atoms with Crippen molar-refractivity contribution in [2.45, 2.75) is 62.7 Å². The topological polar surface area (TPSA) is 295 Å². The number of benzene rings is 3. The highest BCUT2D eigenvalue weighted by molar-refractivity contribution is 5.97. The average Bonchev–Trinajstić information content (AvgIpc) is 3.12. The lowest BCUT2D eigenvalue weighted by atomic mass is 10.00. The number of guanidine groups is 2. The van der Waals surface area contributed by atoms with Crippen molar-refractivity contribution in [3.63, 3.8) is 0 Å². The van der Waals surface area contributed by atoms with Crippen LogP contribution in [0, 0.1) is 0 Å². The molecule has 0 aromatic heterocycles. The van der Waals surface area contributed by atoms with E-state index in [4.69, 9.17) is 22.9 Å². The fourth-order valence-electron chi connectivity index (χ4n) is 5.79. The van der Waals surface area contributed by atoms with E-state index in [1.54, 1.807) is 12.1 Å². The van der Waals surface area contributed by atoms with Crippen molar-refractivity contribution >= 4 is 52.2 Å². The van der Waals surface area contributed by atoms with Crippen molar-refractivity contribution in [3.05, 3.63) is 77.9 Å². The quantitative estimate of drug-likeness (QED) is 0.0585. The standard InChI is InChI=1S/C36H47N11O6/c37-35(38)41-15-3-7-26-31(50)43-20-30(49)44-28(19-22-9-12-23-5-1-2-6-24(23)17-22)33(52)46-27(8-4-16-42-36(39)40)32(51)47-29(34(53)45-26)18-21-10-13-25(48)14-11-21/h1-2,5-6,9-14,17,26-29,48H,3-4,7-8,15-16,18-20H2,(H,43,50)(H,44,49)(H,45,53)(H,46,52)(H,47,51)(H4,37,38,41)(H4,39,40,42)/t26-,27-,28-,29+/m0/s1. The number of aromatic hydroxyl groups is 1. The molecule has 0 bridgehead atoms. The number of hydrogen-bond acceptors (Lipinski definition) is 8. The van der Waals surface area contributed by atoms with E-state index in [1.165, 1.54) is 12.1 Å². The number of aliphatic imine (C=N–C) groups is 2. The molecule has 0 unspecified atom stereocenters. The summed E-state index contributed by atoms with van der Waals surface area (Å²) in [6.45, 7) is -0.176. The van der Waals surface area contributed by atoms with Gasteiger partial charge in [-0.25, -0.2) is 0 Å². The van der Waals surface area contributed by atoms with E-state index < -0.39 is 60.2 Å². The van der Waals surface area contributed by atoms with Gasteiger partial charge in [0.2, 0.25) is 29.5 Å². The highest BCUT2D eigenvalue weighted by Gasteiger charge is 2.32. The maximum Gasteiger partial charge on any atom is 0.243 e. The third-order valence-corrected chi connectivity index (χ3v) is 8.49. The van der Waals surface area contributed by atoms with Gasteiger partial charge >= 0.3 is 0 Å². The Bertz CT molecular complexity index is 1820. The van der Waals surface area contributed by atoms with Crippen LogP contribution >= 0.6 is 0 Å². The summed E-state index contributed by atoms with van der Waals surface area (Å²) < 4.78 is 0. The Labute approximate surface area is 306 Å². The zero-order chi connectivity index (χ0) is 38.3. The molecule has 0 aliphatic carbocycles. The smallest absolute Gasteiger partial charge is 0.243 e. The normalized spacial score (nSPS) is 20.0. The maximum atomic E-state index is 14.0. The van der Waals surface area contributed by atoms with Crippen molar-refractivity contribution in [1.82, 2.24) is 26.6 Å². The van der Waals surface area contributed by atoms with E-state index in [0.29, 0.717) is 12.0 Å². The van der Waals surface area contributed by atoms with Crippen molar-refractivity contribution in [3.8, 4) is 5.75 Å². The molecule has 0 spiro atoms. The van der Waals surface area contributed by atoms with Gasteiger partial charge in [-0.3, -0.25) is 34.0 Å². The molecule has 3 aromatic carbocycles. The summed E-state index contributed by atoms with van der Waals surface area (Å²) in [5.74, 6) is -3.66. The first-order valence-corrected chi connectivity index (χ1v) is 17.2. The minimum absolute atomic E-state index is 0.00627. The first kappa shape index (κ1) is 39.4. The summed E-state index contributed by atoms with van der Waals surface area (Å²) in [6, 6.07) is 14.7. The monoisotopic (exact) mass is 729 g/mol. The minimum Gasteiger partial charge on any atom is -0.508 e. The molecular weight excluding hydrogens is 682 g/mol. The van der Waals surface area contributed by atoms with Crippen LogP contribution in [0.5, 0.6) is 5.75 Å². The fourth-order valence-corrected chi connectivity index (χ4v) is 5.79. The van der Waals surface area contributed by atoms with Gasteiger partial charge in [0.05, 0.1) is 6.54 Å². The lowest BCUT2D eigenvalue weighted by Gasteiger charge is -2.26. The molecule has 1 heterocycles.